The monoisotopic (exact) mass is 309 g/mol. The predicted molar refractivity (Wildman–Crippen MR) is 73.1 cm³/mol. The highest BCUT2D eigenvalue weighted by Crippen LogP contribution is 2.20. The summed E-state index contributed by atoms with van der Waals surface area (Å²) in [6.45, 7) is 2.93. The lowest BCUT2D eigenvalue weighted by Gasteiger charge is -2.11. The van der Waals surface area contributed by atoms with Crippen molar-refractivity contribution in [2.75, 3.05) is 0 Å². The van der Waals surface area contributed by atoms with Crippen molar-refractivity contribution < 1.29 is 5.11 Å². The Bertz CT molecular complexity index is 512. The van der Waals surface area contributed by atoms with E-state index in [-0.39, 0.29) is 0 Å². The van der Waals surface area contributed by atoms with E-state index in [0.717, 1.165) is 28.8 Å². The van der Waals surface area contributed by atoms with E-state index in [1.54, 1.807) is 6.33 Å². The van der Waals surface area contributed by atoms with E-state index in [2.05, 4.69) is 32.9 Å². The van der Waals surface area contributed by atoms with E-state index in [0.29, 0.717) is 6.42 Å². The average molecular weight is 310 g/mol. The molecule has 0 fully saturated rings. The van der Waals surface area contributed by atoms with Gasteiger partial charge < -0.3 is 5.11 Å². The van der Waals surface area contributed by atoms with Gasteiger partial charge in [-0.15, -0.1) is 0 Å². The Hall–Kier alpha value is -1.20. The van der Waals surface area contributed by atoms with Crippen molar-refractivity contribution in [3.63, 3.8) is 0 Å². The van der Waals surface area contributed by atoms with Gasteiger partial charge in [-0.05, 0) is 24.1 Å². The molecule has 0 bridgehead atoms. The zero-order chi connectivity index (χ0) is 13.0. The summed E-state index contributed by atoms with van der Waals surface area (Å²) in [6, 6.07) is 7.69. The van der Waals surface area contributed by atoms with E-state index in [1.807, 2.05) is 28.9 Å². The fraction of sp³-hybridized carbons (Fsp3) is 0.385. The molecule has 2 rings (SSSR count). The third-order valence-corrected chi connectivity index (χ3v) is 3.23. The van der Waals surface area contributed by atoms with Gasteiger partial charge in [0.15, 0.2) is 0 Å². The maximum absolute atomic E-state index is 10.2. The van der Waals surface area contributed by atoms with Crippen LogP contribution in [0.15, 0.2) is 35.1 Å². The highest BCUT2D eigenvalue weighted by molar-refractivity contribution is 9.10. The highest BCUT2D eigenvalue weighted by Gasteiger charge is 2.13. The number of hydrogen-bond donors (Lipinski definition) is 1. The molecule has 0 aliphatic heterocycles. The van der Waals surface area contributed by atoms with Crippen LogP contribution in [0.3, 0.4) is 0 Å². The van der Waals surface area contributed by atoms with Gasteiger partial charge in [0.2, 0.25) is 0 Å². The van der Waals surface area contributed by atoms with Gasteiger partial charge in [0, 0.05) is 17.4 Å². The normalized spacial score (nSPS) is 12.6. The molecule has 1 N–H and O–H groups in total. The van der Waals surface area contributed by atoms with Gasteiger partial charge in [-0.2, -0.15) is 5.10 Å². The second-order valence-corrected chi connectivity index (χ2v) is 5.09. The lowest BCUT2D eigenvalue weighted by Crippen LogP contribution is -2.10. The van der Waals surface area contributed by atoms with Crippen molar-refractivity contribution >= 4 is 15.9 Å². The van der Waals surface area contributed by atoms with Crippen molar-refractivity contribution in [2.45, 2.75) is 32.4 Å². The molecule has 0 saturated carbocycles. The molecule has 0 spiro atoms. The SMILES string of the molecule is CCCn1ncnc1CC(O)c1cccc(Br)c1. The fourth-order valence-electron chi connectivity index (χ4n) is 1.85. The minimum atomic E-state index is -0.553. The Balaban J connectivity index is 2.11. The lowest BCUT2D eigenvalue weighted by molar-refractivity contribution is 0.174. The third-order valence-electron chi connectivity index (χ3n) is 2.74. The van der Waals surface area contributed by atoms with Crippen LogP contribution in [0.1, 0.15) is 30.8 Å². The zero-order valence-electron chi connectivity index (χ0n) is 10.3. The van der Waals surface area contributed by atoms with Crippen LogP contribution in [0, 0.1) is 0 Å². The van der Waals surface area contributed by atoms with Gasteiger partial charge in [0.05, 0.1) is 6.10 Å². The molecule has 1 aromatic heterocycles. The second kappa shape index (κ2) is 6.11. The van der Waals surface area contributed by atoms with E-state index >= 15 is 0 Å². The fourth-order valence-corrected chi connectivity index (χ4v) is 2.27. The number of benzene rings is 1. The molecule has 18 heavy (non-hydrogen) atoms. The van der Waals surface area contributed by atoms with Crippen LogP contribution in [0.25, 0.3) is 0 Å². The first-order chi connectivity index (χ1) is 8.70. The summed E-state index contributed by atoms with van der Waals surface area (Å²) < 4.78 is 2.82. The number of halogens is 1. The standard InChI is InChI=1S/C13H16BrN3O/c1-2-6-17-13(15-9-16-17)8-12(18)10-4-3-5-11(14)7-10/h3-5,7,9,12,18H,2,6,8H2,1H3. The summed E-state index contributed by atoms with van der Waals surface area (Å²) >= 11 is 3.40. The Morgan fingerprint density at radius 1 is 1.44 bits per heavy atom. The zero-order valence-corrected chi connectivity index (χ0v) is 11.8. The molecule has 5 heteroatoms. The number of nitrogens with zero attached hydrogens (tertiary/aromatic N) is 3. The first kappa shape index (κ1) is 13.2. The summed E-state index contributed by atoms with van der Waals surface area (Å²) in [6.07, 6.45) is 2.47. The molecule has 1 aromatic carbocycles. The number of aromatic nitrogens is 3. The maximum Gasteiger partial charge on any atom is 0.138 e. The van der Waals surface area contributed by atoms with Crippen LogP contribution in [0.2, 0.25) is 0 Å². The van der Waals surface area contributed by atoms with Crippen molar-refractivity contribution in [1.82, 2.24) is 14.8 Å². The van der Waals surface area contributed by atoms with E-state index in [4.69, 9.17) is 0 Å². The number of aliphatic hydroxyl groups excluding tert-OH is 1. The number of aliphatic hydroxyl groups is 1. The molecule has 4 nitrogen and oxygen atoms in total. The molecule has 1 unspecified atom stereocenters. The summed E-state index contributed by atoms with van der Waals surface area (Å²) in [4.78, 5) is 4.20. The quantitative estimate of drug-likeness (QED) is 0.924. The van der Waals surface area contributed by atoms with Crippen LogP contribution < -0.4 is 0 Å². The Morgan fingerprint density at radius 3 is 3.00 bits per heavy atom. The topological polar surface area (TPSA) is 50.9 Å². The van der Waals surface area contributed by atoms with Gasteiger partial charge in [-0.1, -0.05) is 35.0 Å². The van der Waals surface area contributed by atoms with Crippen LogP contribution in [-0.2, 0) is 13.0 Å². The van der Waals surface area contributed by atoms with Gasteiger partial charge >= 0.3 is 0 Å². The van der Waals surface area contributed by atoms with Gasteiger partial charge in [0.25, 0.3) is 0 Å². The van der Waals surface area contributed by atoms with Crippen LogP contribution in [0.4, 0.5) is 0 Å². The van der Waals surface area contributed by atoms with Crippen molar-refractivity contribution in [3.8, 4) is 0 Å². The molecule has 96 valence electrons. The average Bonchev–Trinajstić information content (AvgIpc) is 2.77. The molecule has 1 heterocycles. The van der Waals surface area contributed by atoms with Crippen molar-refractivity contribution in [2.24, 2.45) is 0 Å². The number of aryl methyl sites for hydroxylation is 1. The van der Waals surface area contributed by atoms with Crippen molar-refractivity contribution in [3.05, 3.63) is 46.5 Å². The first-order valence-electron chi connectivity index (χ1n) is 6.01. The Labute approximate surface area is 115 Å². The summed E-state index contributed by atoms with van der Waals surface area (Å²) in [7, 11) is 0. The van der Waals surface area contributed by atoms with Gasteiger partial charge in [0.1, 0.15) is 12.2 Å². The third kappa shape index (κ3) is 3.17. The minimum absolute atomic E-state index is 0.483. The predicted octanol–water partition coefficient (Wildman–Crippen LogP) is 2.73. The van der Waals surface area contributed by atoms with E-state index in [9.17, 15) is 5.11 Å². The molecule has 0 saturated heterocycles. The van der Waals surface area contributed by atoms with E-state index in [1.165, 1.54) is 0 Å². The number of hydrogen-bond acceptors (Lipinski definition) is 3. The lowest BCUT2D eigenvalue weighted by atomic mass is 10.1. The Kier molecular flexibility index (Phi) is 4.49. The molecule has 0 aliphatic carbocycles. The molecule has 0 amide bonds. The van der Waals surface area contributed by atoms with Crippen molar-refractivity contribution in [1.29, 1.82) is 0 Å². The Morgan fingerprint density at radius 2 is 2.28 bits per heavy atom. The molecular formula is C13H16BrN3O. The van der Waals surface area contributed by atoms with Crippen LogP contribution in [-0.4, -0.2) is 19.9 Å². The molecule has 0 radical (unpaired) electrons. The molecule has 1 atom stereocenters. The summed E-state index contributed by atoms with van der Waals surface area (Å²) in [5.41, 5.74) is 0.885. The van der Waals surface area contributed by atoms with E-state index < -0.39 is 6.10 Å². The van der Waals surface area contributed by atoms with Gasteiger partial charge in [-0.25, -0.2) is 4.98 Å². The van der Waals surface area contributed by atoms with Crippen LogP contribution >= 0.6 is 15.9 Å². The molecular weight excluding hydrogens is 294 g/mol. The smallest absolute Gasteiger partial charge is 0.138 e. The first-order valence-corrected chi connectivity index (χ1v) is 6.80. The molecule has 0 aliphatic rings. The highest BCUT2D eigenvalue weighted by atomic mass is 79.9. The largest absolute Gasteiger partial charge is 0.388 e. The van der Waals surface area contributed by atoms with Crippen LogP contribution in [0.5, 0.6) is 0 Å². The number of rotatable bonds is 5. The minimum Gasteiger partial charge on any atom is -0.388 e. The summed E-state index contributed by atoms with van der Waals surface area (Å²) in [5, 5.41) is 14.4. The summed E-state index contributed by atoms with van der Waals surface area (Å²) in [5.74, 6) is 0.823. The van der Waals surface area contributed by atoms with Gasteiger partial charge in [-0.3, -0.25) is 4.68 Å². The molecule has 2 aromatic rings. The second-order valence-electron chi connectivity index (χ2n) is 4.17. The maximum atomic E-state index is 10.2.